The predicted octanol–water partition coefficient (Wildman–Crippen LogP) is 5.38. The quantitative estimate of drug-likeness (QED) is 0.182. The molecule has 3 aromatic heterocycles. The van der Waals surface area contributed by atoms with Gasteiger partial charge >= 0.3 is 0 Å². The molecular formula is C30H33BrN9O3P. The Morgan fingerprint density at radius 1 is 1.11 bits per heavy atom. The molecule has 3 N–H and O–H groups in total. The highest BCUT2D eigenvalue weighted by Crippen LogP contribution is 2.42. The molecule has 0 radical (unpaired) electrons. The number of ether oxygens (including phenoxy) is 2. The molecule has 44 heavy (non-hydrogen) atoms. The topological polar surface area (TPSA) is 141 Å². The van der Waals surface area contributed by atoms with Crippen LogP contribution in [0.2, 0.25) is 0 Å². The molecule has 2 aromatic carbocycles. The van der Waals surface area contributed by atoms with Crippen LogP contribution in [0.3, 0.4) is 0 Å². The number of rotatable bonds is 8. The second kappa shape index (κ2) is 12.2. The monoisotopic (exact) mass is 677 g/mol. The van der Waals surface area contributed by atoms with Gasteiger partial charge < -0.3 is 30.0 Å². The average Bonchev–Trinajstić information content (AvgIpc) is 3.44. The number of hydrogen-bond donors (Lipinski definition) is 3. The Labute approximate surface area is 263 Å². The van der Waals surface area contributed by atoms with E-state index in [4.69, 9.17) is 14.5 Å². The van der Waals surface area contributed by atoms with Crippen molar-refractivity contribution in [2.24, 2.45) is 7.05 Å². The molecule has 1 aliphatic rings. The van der Waals surface area contributed by atoms with Crippen LogP contribution < -0.4 is 26.0 Å². The average molecular weight is 679 g/mol. The molecule has 12 nitrogen and oxygen atoms in total. The Balaban J connectivity index is 1.39. The lowest BCUT2D eigenvalue weighted by Gasteiger charge is -2.32. The summed E-state index contributed by atoms with van der Waals surface area (Å²) in [4.78, 5) is 18.1. The lowest BCUT2D eigenvalue weighted by molar-refractivity contribution is 0.0000263. The van der Waals surface area contributed by atoms with Crippen LogP contribution in [0.15, 0.2) is 59.7 Å². The van der Waals surface area contributed by atoms with E-state index in [0.717, 1.165) is 23.2 Å². The summed E-state index contributed by atoms with van der Waals surface area (Å²) in [6.07, 6.45) is 8.51. The maximum Gasteiger partial charge on any atom is 0.229 e. The summed E-state index contributed by atoms with van der Waals surface area (Å²) in [6.45, 7) is 6.96. The highest BCUT2D eigenvalue weighted by Gasteiger charge is 2.28. The largest absolute Gasteiger partial charge is 0.495 e. The minimum Gasteiger partial charge on any atom is -0.495 e. The number of nitrogens with zero attached hydrogens (tertiary/aromatic N) is 6. The molecule has 1 saturated heterocycles. The van der Waals surface area contributed by atoms with Gasteiger partial charge in [0.1, 0.15) is 24.2 Å². The number of hydrogen-bond acceptors (Lipinski definition) is 11. The van der Waals surface area contributed by atoms with Crippen LogP contribution in [0, 0.1) is 0 Å². The van der Waals surface area contributed by atoms with Crippen molar-refractivity contribution in [1.82, 2.24) is 35.0 Å². The Morgan fingerprint density at radius 2 is 1.93 bits per heavy atom. The molecular weight excluding hydrogens is 645 g/mol. The summed E-state index contributed by atoms with van der Waals surface area (Å²) >= 11 is 3.56. The van der Waals surface area contributed by atoms with E-state index >= 15 is 0 Å². The standard InChI is InChI=1S/C30H33BrN9O3P/c1-17-27(43-11-10-32-17)20-13-25(42-3)24(12-19(20)18-14-36-40(2)16-18)38-30-35-15-21(31)29(39-30)37-23-7-6-22-26(34-9-8-33-22)28(23)44(4,5)41/h6-9,12-17,27,32H,10-11H2,1-5H3,(H2,35,37,38,39). The highest BCUT2D eigenvalue weighted by molar-refractivity contribution is 9.10. The van der Waals surface area contributed by atoms with E-state index in [1.807, 2.05) is 43.7 Å². The number of anilines is 4. The molecule has 0 saturated carbocycles. The first-order valence-electron chi connectivity index (χ1n) is 14.0. The number of morpholine rings is 1. The molecule has 6 rings (SSSR count). The third-order valence-corrected chi connectivity index (χ3v) is 9.52. The van der Waals surface area contributed by atoms with Crippen molar-refractivity contribution in [1.29, 1.82) is 0 Å². The van der Waals surface area contributed by atoms with E-state index in [9.17, 15) is 4.57 Å². The number of nitrogens with one attached hydrogen (secondary N) is 3. The van der Waals surface area contributed by atoms with Gasteiger partial charge in [0.15, 0.2) is 0 Å². The van der Waals surface area contributed by atoms with E-state index < -0.39 is 7.14 Å². The lowest BCUT2D eigenvalue weighted by Crippen LogP contribution is -2.41. The fraction of sp³-hybridized carbons (Fsp3) is 0.300. The van der Waals surface area contributed by atoms with Gasteiger partial charge in [0.2, 0.25) is 5.95 Å². The lowest BCUT2D eigenvalue weighted by atomic mass is 9.93. The van der Waals surface area contributed by atoms with E-state index in [1.165, 1.54) is 0 Å². The zero-order valence-electron chi connectivity index (χ0n) is 25.0. The molecule has 4 heterocycles. The van der Waals surface area contributed by atoms with Gasteiger partial charge in [-0.05, 0) is 71.6 Å². The Kier molecular flexibility index (Phi) is 8.38. The van der Waals surface area contributed by atoms with Crippen molar-refractivity contribution in [3.8, 4) is 16.9 Å². The van der Waals surface area contributed by atoms with Crippen molar-refractivity contribution in [3.63, 3.8) is 0 Å². The Bertz CT molecular complexity index is 1890. The van der Waals surface area contributed by atoms with Crippen LogP contribution in [-0.2, 0) is 16.3 Å². The molecule has 0 bridgehead atoms. The van der Waals surface area contributed by atoms with Crippen LogP contribution in [0.25, 0.3) is 22.2 Å². The van der Waals surface area contributed by atoms with Gasteiger partial charge in [-0.3, -0.25) is 14.6 Å². The molecule has 0 amide bonds. The van der Waals surface area contributed by atoms with Gasteiger partial charge in [-0.25, -0.2) is 4.98 Å². The molecule has 14 heteroatoms. The molecule has 228 valence electrons. The third kappa shape index (κ3) is 6.05. The van der Waals surface area contributed by atoms with Gasteiger partial charge in [-0.2, -0.15) is 10.1 Å². The zero-order valence-corrected chi connectivity index (χ0v) is 27.5. The van der Waals surface area contributed by atoms with Crippen LogP contribution in [0.1, 0.15) is 18.6 Å². The second-order valence-electron chi connectivity index (χ2n) is 11.0. The van der Waals surface area contributed by atoms with E-state index in [1.54, 1.807) is 43.7 Å². The Hall–Kier alpha value is -3.90. The Morgan fingerprint density at radius 3 is 2.66 bits per heavy atom. The maximum absolute atomic E-state index is 13.4. The number of benzene rings is 2. The number of methoxy groups -OCH3 is 1. The van der Waals surface area contributed by atoms with Crippen molar-refractivity contribution in [2.45, 2.75) is 19.1 Å². The first-order valence-corrected chi connectivity index (χ1v) is 17.4. The highest BCUT2D eigenvalue weighted by atomic mass is 79.9. The molecule has 0 aliphatic carbocycles. The minimum absolute atomic E-state index is 0.110. The predicted molar refractivity (Wildman–Crippen MR) is 176 cm³/mol. The third-order valence-electron chi connectivity index (χ3n) is 7.41. The SMILES string of the molecule is COc1cc(C2OCCNC2C)c(-c2cnn(C)c2)cc1Nc1ncc(Br)c(Nc2ccc3nccnc3c2P(C)(C)=O)n1. The number of halogens is 1. The molecule has 5 aromatic rings. The van der Waals surface area contributed by atoms with Crippen LogP contribution >= 0.6 is 23.1 Å². The van der Waals surface area contributed by atoms with E-state index in [-0.39, 0.29) is 12.1 Å². The van der Waals surface area contributed by atoms with Gasteiger partial charge in [0, 0.05) is 50.0 Å². The minimum atomic E-state index is -2.76. The summed E-state index contributed by atoms with van der Waals surface area (Å²) in [6, 6.07) is 7.81. The van der Waals surface area contributed by atoms with Crippen molar-refractivity contribution in [2.75, 3.05) is 44.2 Å². The first-order chi connectivity index (χ1) is 21.1. The smallest absolute Gasteiger partial charge is 0.229 e. The first kappa shape index (κ1) is 30.1. The fourth-order valence-corrected chi connectivity index (χ4v) is 7.10. The van der Waals surface area contributed by atoms with Crippen LogP contribution in [-0.4, -0.2) is 69.3 Å². The fourth-order valence-electron chi connectivity index (χ4n) is 5.42. The summed E-state index contributed by atoms with van der Waals surface area (Å²) in [5.74, 6) is 1.43. The van der Waals surface area contributed by atoms with Gasteiger partial charge in [-0.1, -0.05) is 0 Å². The van der Waals surface area contributed by atoms with Gasteiger partial charge in [-0.15, -0.1) is 0 Å². The van der Waals surface area contributed by atoms with Crippen LogP contribution in [0.5, 0.6) is 5.75 Å². The van der Waals surface area contributed by atoms with E-state index in [2.05, 4.69) is 58.9 Å². The number of fused-ring (bicyclic) bond motifs is 1. The van der Waals surface area contributed by atoms with Crippen LogP contribution in [0.4, 0.5) is 23.1 Å². The number of aryl methyl sites for hydroxylation is 1. The molecule has 1 fully saturated rings. The summed E-state index contributed by atoms with van der Waals surface area (Å²) in [7, 11) is 0.757. The number of aromatic nitrogens is 6. The summed E-state index contributed by atoms with van der Waals surface area (Å²) < 4.78 is 27.9. The molecule has 2 atom stereocenters. The van der Waals surface area contributed by atoms with Gasteiger partial charge in [0.25, 0.3) is 0 Å². The second-order valence-corrected chi connectivity index (χ2v) is 15.0. The molecule has 0 spiro atoms. The molecule has 1 aliphatic heterocycles. The van der Waals surface area contributed by atoms with Gasteiger partial charge in [0.05, 0.1) is 52.7 Å². The summed E-state index contributed by atoms with van der Waals surface area (Å²) in [5.41, 5.74) is 5.47. The van der Waals surface area contributed by atoms with Crippen molar-refractivity contribution < 1.29 is 14.0 Å². The van der Waals surface area contributed by atoms with Crippen molar-refractivity contribution >= 4 is 62.6 Å². The zero-order chi connectivity index (χ0) is 31.0. The normalized spacial score (nSPS) is 17.0. The maximum atomic E-state index is 13.4. The summed E-state index contributed by atoms with van der Waals surface area (Å²) in [5, 5.41) is 15.2. The van der Waals surface area contributed by atoms with E-state index in [0.29, 0.717) is 56.3 Å². The molecule has 2 unspecified atom stereocenters. The van der Waals surface area contributed by atoms with Crippen molar-refractivity contribution in [3.05, 3.63) is 65.3 Å².